The normalized spacial score (nSPS) is 12.9. The van der Waals surface area contributed by atoms with Crippen molar-refractivity contribution in [2.24, 2.45) is 5.73 Å². The molecule has 1 aliphatic heterocycles. The molecule has 0 fully saturated rings. The van der Waals surface area contributed by atoms with E-state index < -0.39 is 5.91 Å². The summed E-state index contributed by atoms with van der Waals surface area (Å²) in [5, 5.41) is 11.0. The molecule has 4 aromatic carbocycles. The zero-order valence-corrected chi connectivity index (χ0v) is 22.1. The van der Waals surface area contributed by atoms with Gasteiger partial charge in [0.25, 0.3) is 11.8 Å². The van der Waals surface area contributed by atoms with Gasteiger partial charge < -0.3 is 25.5 Å². The molecule has 1 aromatic heterocycles. The smallest absolute Gasteiger partial charge is 0.258 e. The lowest BCUT2D eigenvalue weighted by molar-refractivity contribution is 0.0990. The van der Waals surface area contributed by atoms with E-state index in [0.29, 0.717) is 23.4 Å². The van der Waals surface area contributed by atoms with Crippen LogP contribution in [0.4, 0.5) is 5.69 Å². The first-order valence-corrected chi connectivity index (χ1v) is 12.9. The predicted octanol–water partition coefficient (Wildman–Crippen LogP) is 5.54. The van der Waals surface area contributed by atoms with Gasteiger partial charge in [-0.15, -0.1) is 0 Å². The standard InChI is InChI=1S/C32H29N3O4/c1-17-7-8-20-16-35(32(38)24(20)13-17)27-6-4-5-22(19(27)3)28-18(2)14-25(31(33)37)30-29(28)23-10-9-21(39-12-11-36)15-26(23)34-30/h4-10,13-15,34,36H,11-12,16H2,1-3H3,(H2,33,37). The highest BCUT2D eigenvalue weighted by molar-refractivity contribution is 6.21. The number of aliphatic hydroxyl groups is 1. The molecule has 39 heavy (non-hydrogen) atoms. The highest BCUT2D eigenvalue weighted by Gasteiger charge is 2.30. The summed E-state index contributed by atoms with van der Waals surface area (Å²) in [4.78, 5) is 31.1. The molecule has 7 nitrogen and oxygen atoms in total. The lowest BCUT2D eigenvalue weighted by Crippen LogP contribution is -2.24. The number of benzene rings is 4. The minimum absolute atomic E-state index is 0.00222. The first kappa shape index (κ1) is 24.7. The number of nitrogens with one attached hydrogen (secondary N) is 1. The highest BCUT2D eigenvalue weighted by atomic mass is 16.5. The molecule has 2 heterocycles. The van der Waals surface area contributed by atoms with Crippen LogP contribution >= 0.6 is 0 Å². The van der Waals surface area contributed by atoms with Gasteiger partial charge >= 0.3 is 0 Å². The Balaban J connectivity index is 1.56. The number of aromatic nitrogens is 1. The van der Waals surface area contributed by atoms with Gasteiger partial charge in [-0.1, -0.05) is 29.8 Å². The fourth-order valence-electron chi connectivity index (χ4n) is 5.79. The summed E-state index contributed by atoms with van der Waals surface area (Å²) in [5.74, 6) is 0.101. The third-order valence-electron chi connectivity index (χ3n) is 7.60. The quantitative estimate of drug-likeness (QED) is 0.274. The van der Waals surface area contributed by atoms with E-state index in [-0.39, 0.29) is 19.1 Å². The van der Waals surface area contributed by atoms with Gasteiger partial charge in [0.1, 0.15) is 12.4 Å². The van der Waals surface area contributed by atoms with Gasteiger partial charge in [0, 0.05) is 28.1 Å². The molecule has 0 spiro atoms. The minimum atomic E-state index is -0.515. The number of aliphatic hydroxyl groups excluding tert-OH is 1. The molecule has 7 heteroatoms. The average molecular weight is 520 g/mol. The maximum absolute atomic E-state index is 13.4. The van der Waals surface area contributed by atoms with E-state index in [1.807, 2.05) is 80.3 Å². The van der Waals surface area contributed by atoms with E-state index in [0.717, 1.165) is 60.9 Å². The van der Waals surface area contributed by atoms with Crippen molar-refractivity contribution in [3.8, 4) is 16.9 Å². The van der Waals surface area contributed by atoms with Crippen LogP contribution < -0.4 is 15.4 Å². The van der Waals surface area contributed by atoms with E-state index in [9.17, 15) is 9.59 Å². The zero-order chi connectivity index (χ0) is 27.4. The number of aromatic amines is 1. The molecule has 0 bridgehead atoms. The van der Waals surface area contributed by atoms with E-state index in [1.165, 1.54) is 0 Å². The van der Waals surface area contributed by atoms with Crippen molar-refractivity contribution in [3.63, 3.8) is 0 Å². The minimum Gasteiger partial charge on any atom is -0.491 e. The summed E-state index contributed by atoms with van der Waals surface area (Å²) in [5.41, 5.74) is 15.2. The van der Waals surface area contributed by atoms with Crippen LogP contribution in [0.25, 0.3) is 32.9 Å². The third-order valence-corrected chi connectivity index (χ3v) is 7.60. The summed E-state index contributed by atoms with van der Waals surface area (Å²) in [6.45, 7) is 6.64. The largest absolute Gasteiger partial charge is 0.491 e. The Morgan fingerprint density at radius 3 is 2.64 bits per heavy atom. The molecule has 0 saturated heterocycles. The number of hydrogen-bond donors (Lipinski definition) is 3. The van der Waals surface area contributed by atoms with Crippen molar-refractivity contribution in [2.45, 2.75) is 27.3 Å². The summed E-state index contributed by atoms with van der Waals surface area (Å²) in [6, 6.07) is 19.5. The van der Waals surface area contributed by atoms with Gasteiger partial charge in [-0.05, 0) is 78.9 Å². The molecule has 2 amide bonds. The van der Waals surface area contributed by atoms with Crippen molar-refractivity contribution in [1.82, 2.24) is 4.98 Å². The summed E-state index contributed by atoms with van der Waals surface area (Å²) < 4.78 is 5.61. The number of aryl methyl sites for hydroxylation is 2. The number of nitrogens with two attached hydrogens (primary N) is 1. The monoisotopic (exact) mass is 519 g/mol. The Labute approximate surface area is 225 Å². The second kappa shape index (κ2) is 9.29. The Morgan fingerprint density at radius 1 is 1.05 bits per heavy atom. The molecule has 196 valence electrons. The molecular formula is C32H29N3O4. The second-order valence-corrected chi connectivity index (χ2v) is 10.1. The first-order chi connectivity index (χ1) is 18.8. The molecule has 6 rings (SSSR count). The number of nitrogens with zero attached hydrogens (tertiary/aromatic N) is 1. The van der Waals surface area contributed by atoms with Crippen LogP contribution in [0.15, 0.2) is 60.7 Å². The number of ether oxygens (including phenoxy) is 1. The Kier molecular flexibility index (Phi) is 5.88. The number of anilines is 1. The second-order valence-electron chi connectivity index (χ2n) is 10.1. The highest BCUT2D eigenvalue weighted by Crippen LogP contribution is 2.43. The fraction of sp³-hybridized carbons (Fsp3) is 0.188. The summed E-state index contributed by atoms with van der Waals surface area (Å²) in [7, 11) is 0. The maximum Gasteiger partial charge on any atom is 0.258 e. The SMILES string of the molecule is Cc1ccc2c(c1)C(=O)N(c1cccc(-c3c(C)cc(C(N)=O)c4[nH]c5cc(OCCO)ccc5c34)c1C)C2. The fourth-order valence-corrected chi connectivity index (χ4v) is 5.79. The molecular weight excluding hydrogens is 490 g/mol. The Hall–Kier alpha value is -4.62. The number of primary amides is 1. The van der Waals surface area contributed by atoms with Gasteiger partial charge in [0.2, 0.25) is 0 Å². The Morgan fingerprint density at radius 2 is 1.87 bits per heavy atom. The molecule has 0 radical (unpaired) electrons. The number of hydrogen-bond acceptors (Lipinski definition) is 4. The van der Waals surface area contributed by atoms with Gasteiger partial charge in [-0.2, -0.15) is 0 Å². The van der Waals surface area contributed by atoms with Crippen LogP contribution in [-0.4, -0.2) is 35.1 Å². The van der Waals surface area contributed by atoms with Crippen LogP contribution in [0.1, 0.15) is 43.0 Å². The lowest BCUT2D eigenvalue weighted by atomic mass is 9.89. The van der Waals surface area contributed by atoms with E-state index in [1.54, 1.807) is 0 Å². The molecule has 4 N–H and O–H groups in total. The van der Waals surface area contributed by atoms with Gasteiger partial charge in [0.15, 0.2) is 0 Å². The van der Waals surface area contributed by atoms with Crippen molar-refractivity contribution in [2.75, 3.05) is 18.1 Å². The Bertz CT molecular complexity index is 1820. The van der Waals surface area contributed by atoms with Gasteiger partial charge in [-0.3, -0.25) is 9.59 Å². The number of rotatable bonds is 6. The van der Waals surface area contributed by atoms with Crippen molar-refractivity contribution in [1.29, 1.82) is 0 Å². The number of H-pyrrole nitrogens is 1. The van der Waals surface area contributed by atoms with Crippen molar-refractivity contribution in [3.05, 3.63) is 94.0 Å². The predicted molar refractivity (Wildman–Crippen MR) is 154 cm³/mol. The van der Waals surface area contributed by atoms with Crippen LogP contribution in [0, 0.1) is 20.8 Å². The molecule has 0 atom stereocenters. The zero-order valence-electron chi connectivity index (χ0n) is 22.1. The van der Waals surface area contributed by atoms with E-state index in [4.69, 9.17) is 15.6 Å². The van der Waals surface area contributed by atoms with Gasteiger partial charge in [0.05, 0.1) is 29.7 Å². The third kappa shape index (κ3) is 3.94. The molecule has 0 aliphatic carbocycles. The lowest BCUT2D eigenvalue weighted by Gasteiger charge is -2.22. The van der Waals surface area contributed by atoms with Crippen LogP contribution in [0.3, 0.4) is 0 Å². The molecule has 5 aromatic rings. The maximum atomic E-state index is 13.4. The number of carbonyl (C=O) groups is 2. The molecule has 1 aliphatic rings. The van der Waals surface area contributed by atoms with E-state index in [2.05, 4.69) is 11.1 Å². The van der Waals surface area contributed by atoms with Crippen LogP contribution in [0.5, 0.6) is 5.75 Å². The van der Waals surface area contributed by atoms with Crippen LogP contribution in [-0.2, 0) is 6.54 Å². The topological polar surface area (TPSA) is 109 Å². The summed E-state index contributed by atoms with van der Waals surface area (Å²) in [6.07, 6.45) is 0. The van der Waals surface area contributed by atoms with Gasteiger partial charge in [-0.25, -0.2) is 0 Å². The first-order valence-electron chi connectivity index (χ1n) is 12.9. The molecule has 0 unspecified atom stereocenters. The van der Waals surface area contributed by atoms with Crippen LogP contribution in [0.2, 0.25) is 0 Å². The average Bonchev–Trinajstić information content (AvgIpc) is 3.44. The van der Waals surface area contributed by atoms with Crippen molar-refractivity contribution >= 4 is 39.3 Å². The number of carbonyl (C=O) groups excluding carboxylic acids is 2. The number of amides is 2. The summed E-state index contributed by atoms with van der Waals surface area (Å²) >= 11 is 0. The van der Waals surface area contributed by atoms with Crippen molar-refractivity contribution < 1.29 is 19.4 Å². The number of fused-ring (bicyclic) bond motifs is 4. The van der Waals surface area contributed by atoms with E-state index >= 15 is 0 Å². The molecule has 0 saturated carbocycles.